The molecule has 0 radical (unpaired) electrons. The van der Waals surface area contributed by atoms with Gasteiger partial charge in [0.2, 0.25) is 0 Å². The van der Waals surface area contributed by atoms with E-state index in [0.717, 1.165) is 23.3 Å². The Morgan fingerprint density at radius 3 is 2.44 bits per heavy atom. The van der Waals surface area contributed by atoms with Crippen molar-refractivity contribution in [3.8, 4) is 17.2 Å². The number of methoxy groups -OCH3 is 2. The predicted molar refractivity (Wildman–Crippen MR) is 97.3 cm³/mol. The summed E-state index contributed by atoms with van der Waals surface area (Å²) in [6.45, 7) is 2.50. The summed E-state index contributed by atoms with van der Waals surface area (Å²) in [4.78, 5) is 14.0. The van der Waals surface area contributed by atoms with E-state index in [4.69, 9.17) is 14.2 Å². The summed E-state index contributed by atoms with van der Waals surface area (Å²) in [6.07, 6.45) is 0.864. The number of hydrogen-bond acceptors (Lipinski definition) is 4. The number of aryl methyl sites for hydroxylation is 1. The van der Waals surface area contributed by atoms with Crippen molar-refractivity contribution in [2.75, 3.05) is 27.9 Å². The van der Waals surface area contributed by atoms with Crippen molar-refractivity contribution in [2.45, 2.75) is 19.9 Å². The van der Waals surface area contributed by atoms with Crippen LogP contribution in [0.5, 0.6) is 17.2 Å². The molecule has 25 heavy (non-hydrogen) atoms. The fourth-order valence-corrected chi connectivity index (χ4v) is 2.51. The first-order valence-corrected chi connectivity index (χ1v) is 8.24. The van der Waals surface area contributed by atoms with Crippen LogP contribution in [-0.2, 0) is 17.8 Å². The molecule has 0 heterocycles. The van der Waals surface area contributed by atoms with Gasteiger partial charge in [0, 0.05) is 25.2 Å². The number of likely N-dealkylation sites (N-methyl/N-ethyl adjacent to an activating group) is 1. The fraction of sp³-hybridized carbons (Fsp3) is 0.350. The molecular formula is C20H25NO4. The monoisotopic (exact) mass is 343 g/mol. The van der Waals surface area contributed by atoms with Gasteiger partial charge in [0.25, 0.3) is 5.91 Å². The second-order valence-electron chi connectivity index (χ2n) is 5.68. The average Bonchev–Trinajstić information content (AvgIpc) is 2.66. The van der Waals surface area contributed by atoms with E-state index in [9.17, 15) is 4.79 Å². The van der Waals surface area contributed by atoms with Crippen molar-refractivity contribution in [1.82, 2.24) is 4.90 Å². The van der Waals surface area contributed by atoms with E-state index in [-0.39, 0.29) is 12.5 Å². The third-order valence-electron chi connectivity index (χ3n) is 4.03. The smallest absolute Gasteiger partial charge is 0.260 e. The Hall–Kier alpha value is -2.69. The molecule has 0 aromatic heterocycles. The Balaban J connectivity index is 1.98. The maximum absolute atomic E-state index is 12.4. The van der Waals surface area contributed by atoms with E-state index in [0.29, 0.717) is 18.0 Å². The highest BCUT2D eigenvalue weighted by Crippen LogP contribution is 2.25. The van der Waals surface area contributed by atoms with Crippen molar-refractivity contribution in [3.05, 3.63) is 53.6 Å². The number of amides is 1. The Bertz CT molecular complexity index is 715. The Kier molecular flexibility index (Phi) is 6.69. The molecule has 0 fully saturated rings. The van der Waals surface area contributed by atoms with Crippen LogP contribution in [0, 0.1) is 0 Å². The lowest BCUT2D eigenvalue weighted by Gasteiger charge is -2.20. The van der Waals surface area contributed by atoms with E-state index in [1.165, 1.54) is 0 Å². The van der Waals surface area contributed by atoms with Gasteiger partial charge in [-0.3, -0.25) is 4.79 Å². The van der Waals surface area contributed by atoms with E-state index in [1.54, 1.807) is 26.2 Å². The van der Waals surface area contributed by atoms with Crippen LogP contribution in [0.3, 0.4) is 0 Å². The molecule has 2 rings (SSSR count). The number of hydrogen-bond donors (Lipinski definition) is 0. The Morgan fingerprint density at radius 2 is 1.76 bits per heavy atom. The van der Waals surface area contributed by atoms with Crippen molar-refractivity contribution in [2.24, 2.45) is 0 Å². The summed E-state index contributed by atoms with van der Waals surface area (Å²) in [6, 6.07) is 13.3. The lowest BCUT2D eigenvalue weighted by Crippen LogP contribution is -2.31. The van der Waals surface area contributed by atoms with Gasteiger partial charge in [0.05, 0.1) is 14.2 Å². The highest BCUT2D eigenvalue weighted by Gasteiger charge is 2.14. The minimum atomic E-state index is -0.0937. The minimum Gasteiger partial charge on any atom is -0.497 e. The normalized spacial score (nSPS) is 10.2. The number of nitrogens with zero attached hydrogens (tertiary/aromatic N) is 1. The molecule has 2 aromatic rings. The van der Waals surface area contributed by atoms with Crippen LogP contribution < -0.4 is 14.2 Å². The van der Waals surface area contributed by atoms with Gasteiger partial charge in [-0.25, -0.2) is 0 Å². The molecule has 0 bridgehead atoms. The summed E-state index contributed by atoms with van der Waals surface area (Å²) in [5.41, 5.74) is 2.00. The molecule has 0 unspecified atom stereocenters. The fourth-order valence-electron chi connectivity index (χ4n) is 2.51. The number of rotatable bonds is 8. The van der Waals surface area contributed by atoms with Gasteiger partial charge in [-0.2, -0.15) is 0 Å². The quantitative estimate of drug-likeness (QED) is 0.738. The first-order valence-electron chi connectivity index (χ1n) is 8.24. The van der Waals surface area contributed by atoms with Crippen molar-refractivity contribution >= 4 is 5.91 Å². The van der Waals surface area contributed by atoms with Crippen LogP contribution in [0.25, 0.3) is 0 Å². The molecule has 5 heteroatoms. The van der Waals surface area contributed by atoms with E-state index in [2.05, 4.69) is 6.92 Å². The zero-order valence-corrected chi connectivity index (χ0v) is 15.2. The number of carbonyl (C=O) groups excluding carboxylic acids is 1. The molecule has 5 nitrogen and oxygen atoms in total. The summed E-state index contributed by atoms with van der Waals surface area (Å²) in [5, 5.41) is 0. The highest BCUT2D eigenvalue weighted by atomic mass is 16.5. The minimum absolute atomic E-state index is 0.00594. The van der Waals surface area contributed by atoms with Gasteiger partial charge >= 0.3 is 0 Å². The van der Waals surface area contributed by atoms with Gasteiger partial charge in [-0.05, 0) is 30.2 Å². The third-order valence-corrected chi connectivity index (χ3v) is 4.03. The number of para-hydroxylation sites is 1. The van der Waals surface area contributed by atoms with Gasteiger partial charge < -0.3 is 19.1 Å². The van der Waals surface area contributed by atoms with E-state index < -0.39 is 0 Å². The molecule has 0 spiro atoms. The Labute approximate surface area is 149 Å². The SMILES string of the molecule is CCc1ccccc1OCC(=O)N(C)Cc1ccc(OC)cc1OC. The number of carbonyl (C=O) groups is 1. The van der Waals surface area contributed by atoms with Crippen LogP contribution in [0.1, 0.15) is 18.1 Å². The van der Waals surface area contributed by atoms with Crippen LogP contribution in [0.2, 0.25) is 0 Å². The van der Waals surface area contributed by atoms with Crippen molar-refractivity contribution in [3.63, 3.8) is 0 Å². The number of benzene rings is 2. The lowest BCUT2D eigenvalue weighted by atomic mass is 10.1. The van der Waals surface area contributed by atoms with Crippen molar-refractivity contribution < 1.29 is 19.0 Å². The van der Waals surface area contributed by atoms with E-state index in [1.807, 2.05) is 42.5 Å². The van der Waals surface area contributed by atoms with E-state index >= 15 is 0 Å². The molecule has 2 aromatic carbocycles. The molecule has 0 atom stereocenters. The summed E-state index contributed by atoms with van der Waals surface area (Å²) in [5.74, 6) is 2.07. The van der Waals surface area contributed by atoms with Crippen molar-refractivity contribution in [1.29, 1.82) is 0 Å². The molecule has 0 saturated heterocycles. The topological polar surface area (TPSA) is 48.0 Å². The summed E-state index contributed by atoms with van der Waals surface area (Å²) < 4.78 is 16.3. The average molecular weight is 343 g/mol. The zero-order valence-electron chi connectivity index (χ0n) is 15.2. The predicted octanol–water partition coefficient (Wildman–Crippen LogP) is 3.30. The van der Waals surface area contributed by atoms with Crippen LogP contribution >= 0.6 is 0 Å². The molecule has 0 saturated carbocycles. The van der Waals surface area contributed by atoms with Gasteiger partial charge in [-0.15, -0.1) is 0 Å². The maximum atomic E-state index is 12.4. The van der Waals surface area contributed by atoms with Gasteiger partial charge in [0.15, 0.2) is 6.61 Å². The van der Waals surface area contributed by atoms with Crippen LogP contribution in [0.15, 0.2) is 42.5 Å². The second kappa shape index (κ2) is 8.97. The van der Waals surface area contributed by atoms with Crippen LogP contribution in [-0.4, -0.2) is 38.7 Å². The lowest BCUT2D eigenvalue weighted by molar-refractivity contribution is -0.132. The largest absolute Gasteiger partial charge is 0.497 e. The van der Waals surface area contributed by atoms with Gasteiger partial charge in [0.1, 0.15) is 17.2 Å². The first kappa shape index (κ1) is 18.6. The zero-order chi connectivity index (χ0) is 18.2. The molecule has 1 amide bonds. The first-order chi connectivity index (χ1) is 12.1. The highest BCUT2D eigenvalue weighted by molar-refractivity contribution is 5.77. The third kappa shape index (κ3) is 4.89. The molecule has 0 aliphatic carbocycles. The molecule has 0 aliphatic rings. The second-order valence-corrected chi connectivity index (χ2v) is 5.68. The molecule has 134 valence electrons. The summed E-state index contributed by atoms with van der Waals surface area (Å²) >= 11 is 0. The standard InChI is InChI=1S/C20H25NO4/c1-5-15-8-6-7-9-18(15)25-14-20(22)21(2)13-16-10-11-17(23-3)12-19(16)24-4/h6-12H,5,13-14H2,1-4H3. The summed E-state index contributed by atoms with van der Waals surface area (Å²) in [7, 11) is 4.96. The molecule has 0 N–H and O–H groups in total. The molecule has 0 aliphatic heterocycles. The number of ether oxygens (including phenoxy) is 3. The molecular weight excluding hydrogens is 318 g/mol. The van der Waals surface area contributed by atoms with Gasteiger partial charge in [-0.1, -0.05) is 25.1 Å². The van der Waals surface area contributed by atoms with Crippen LogP contribution in [0.4, 0.5) is 0 Å². The Morgan fingerprint density at radius 1 is 1.00 bits per heavy atom. The maximum Gasteiger partial charge on any atom is 0.260 e.